The van der Waals surface area contributed by atoms with Crippen LogP contribution < -0.4 is 0 Å². The third-order valence-corrected chi connectivity index (χ3v) is 1.41. The van der Waals surface area contributed by atoms with E-state index in [1.54, 1.807) is 6.07 Å². The molecule has 0 heterocycles. The third-order valence-electron chi connectivity index (χ3n) is 1.12. The molecule has 0 aromatic heterocycles. The van der Waals surface area contributed by atoms with Gasteiger partial charge in [-0.25, -0.2) is 4.39 Å². The Morgan fingerprint density at radius 1 is 1.50 bits per heavy atom. The van der Waals surface area contributed by atoms with Gasteiger partial charge in [-0.2, -0.15) is 0 Å². The van der Waals surface area contributed by atoms with Crippen molar-refractivity contribution < 1.29 is 4.39 Å². The first kappa shape index (κ1) is 7.29. The Bertz CT molecular complexity index is 255. The van der Waals surface area contributed by atoms with Gasteiger partial charge in [0.05, 0.1) is 5.02 Å². The maximum Gasteiger partial charge on any atom is 0.141 e. The van der Waals surface area contributed by atoms with Gasteiger partial charge >= 0.3 is 0 Å². The summed E-state index contributed by atoms with van der Waals surface area (Å²) in [4.78, 5) is 0. The summed E-state index contributed by atoms with van der Waals surface area (Å²) in [6, 6.07) is 4.33. The number of rotatable bonds is 1. The van der Waals surface area contributed by atoms with E-state index in [0.29, 0.717) is 5.56 Å². The van der Waals surface area contributed by atoms with Crippen LogP contribution in [0.1, 0.15) is 5.56 Å². The molecule has 0 aliphatic heterocycles. The van der Waals surface area contributed by atoms with Crippen molar-refractivity contribution in [2.75, 3.05) is 0 Å². The second-order valence-corrected chi connectivity index (χ2v) is 2.21. The van der Waals surface area contributed by atoms with E-state index in [4.69, 9.17) is 11.6 Å². The van der Waals surface area contributed by atoms with Crippen molar-refractivity contribution in [3.63, 3.8) is 0 Å². The minimum Gasteiger partial charge on any atom is -0.205 e. The Labute approximate surface area is 63.9 Å². The normalized spacial score (nSPS) is 9.40. The van der Waals surface area contributed by atoms with Gasteiger partial charge < -0.3 is 0 Å². The predicted molar refractivity (Wildman–Crippen MR) is 39.4 cm³/mol. The van der Waals surface area contributed by atoms with Crippen molar-refractivity contribution in [2.45, 2.75) is 0 Å². The molecule has 1 rings (SSSR count). The van der Waals surface area contributed by atoms with Crippen LogP contribution in [0.4, 0.5) is 4.39 Å². The van der Waals surface area contributed by atoms with Gasteiger partial charge in [0.15, 0.2) is 0 Å². The first-order chi connectivity index (χ1) is 4.74. The van der Waals surface area contributed by atoms with Crippen LogP contribution in [0.3, 0.4) is 0 Å². The lowest BCUT2D eigenvalue weighted by molar-refractivity contribution is 0.628. The van der Waals surface area contributed by atoms with Crippen molar-refractivity contribution in [1.29, 1.82) is 0 Å². The van der Waals surface area contributed by atoms with Gasteiger partial charge in [0.25, 0.3) is 0 Å². The van der Waals surface area contributed by atoms with E-state index in [9.17, 15) is 4.39 Å². The van der Waals surface area contributed by atoms with Gasteiger partial charge in [-0.1, -0.05) is 24.2 Å². The molecule has 0 fully saturated rings. The summed E-state index contributed by atoms with van der Waals surface area (Å²) in [6.45, 7) is 3.40. The average Bonchev–Trinajstić information content (AvgIpc) is 1.95. The molecule has 0 unspecified atom stereocenters. The van der Waals surface area contributed by atoms with Crippen molar-refractivity contribution >= 4 is 11.6 Å². The summed E-state index contributed by atoms with van der Waals surface area (Å²) in [5, 5.41) is 0.105. The van der Waals surface area contributed by atoms with Gasteiger partial charge in [-0.3, -0.25) is 0 Å². The molecule has 1 aromatic rings. The number of halogens is 2. The van der Waals surface area contributed by atoms with E-state index in [-0.39, 0.29) is 5.02 Å². The van der Waals surface area contributed by atoms with Crippen LogP contribution in [0.25, 0.3) is 0 Å². The molecule has 0 aliphatic carbocycles. The highest BCUT2D eigenvalue weighted by Crippen LogP contribution is 2.15. The first-order valence-electron chi connectivity index (χ1n) is 2.72. The molecular formula is C8H5ClF. The van der Waals surface area contributed by atoms with Crippen LogP contribution in [-0.4, -0.2) is 0 Å². The van der Waals surface area contributed by atoms with Crippen LogP contribution >= 0.6 is 11.6 Å². The summed E-state index contributed by atoms with van der Waals surface area (Å²) < 4.78 is 12.5. The fourth-order valence-electron chi connectivity index (χ4n) is 0.606. The van der Waals surface area contributed by atoms with Crippen LogP contribution in [0.2, 0.25) is 5.02 Å². The molecule has 0 saturated heterocycles. The predicted octanol–water partition coefficient (Wildman–Crippen LogP) is 2.82. The zero-order chi connectivity index (χ0) is 7.56. The van der Waals surface area contributed by atoms with Crippen LogP contribution in [0.5, 0.6) is 0 Å². The third kappa shape index (κ3) is 1.36. The van der Waals surface area contributed by atoms with E-state index >= 15 is 0 Å². The topological polar surface area (TPSA) is 0 Å². The molecule has 0 aliphatic rings. The van der Waals surface area contributed by atoms with Crippen molar-refractivity contribution in [1.82, 2.24) is 0 Å². The average molecular weight is 156 g/mol. The van der Waals surface area contributed by atoms with E-state index in [0.717, 1.165) is 0 Å². The molecule has 2 heteroatoms. The molecule has 0 nitrogen and oxygen atoms in total. The van der Waals surface area contributed by atoms with Crippen molar-refractivity contribution in [3.05, 3.63) is 47.3 Å². The van der Waals surface area contributed by atoms with Gasteiger partial charge in [-0.15, -0.1) is 0 Å². The molecule has 10 heavy (non-hydrogen) atoms. The second-order valence-electron chi connectivity index (χ2n) is 1.81. The highest BCUT2D eigenvalue weighted by Gasteiger charge is 1.96. The SMILES string of the molecule is C=[C]c1ccc(F)c(Cl)c1. The fraction of sp³-hybridized carbons (Fsp3) is 0. The lowest BCUT2D eigenvalue weighted by Crippen LogP contribution is -1.77. The van der Waals surface area contributed by atoms with Gasteiger partial charge in [0.1, 0.15) is 5.82 Å². The Morgan fingerprint density at radius 3 is 2.70 bits per heavy atom. The molecular weight excluding hydrogens is 151 g/mol. The minimum absolute atomic E-state index is 0.105. The summed E-state index contributed by atoms with van der Waals surface area (Å²) in [6.07, 6.45) is 2.59. The lowest BCUT2D eigenvalue weighted by atomic mass is 10.2. The number of hydrogen-bond donors (Lipinski definition) is 0. The lowest BCUT2D eigenvalue weighted by Gasteiger charge is -1.93. The smallest absolute Gasteiger partial charge is 0.141 e. The molecule has 0 amide bonds. The maximum absolute atomic E-state index is 12.5. The van der Waals surface area contributed by atoms with Crippen molar-refractivity contribution in [3.8, 4) is 0 Å². The Kier molecular flexibility index (Phi) is 2.07. The van der Waals surface area contributed by atoms with E-state index in [1.807, 2.05) is 0 Å². The molecule has 0 saturated carbocycles. The Balaban J connectivity index is 3.16. The summed E-state index contributed by atoms with van der Waals surface area (Å²) >= 11 is 5.45. The molecule has 1 radical (unpaired) electrons. The Morgan fingerprint density at radius 2 is 2.20 bits per heavy atom. The van der Waals surface area contributed by atoms with E-state index in [2.05, 4.69) is 12.7 Å². The largest absolute Gasteiger partial charge is 0.205 e. The van der Waals surface area contributed by atoms with E-state index in [1.165, 1.54) is 12.1 Å². The summed E-state index contributed by atoms with van der Waals surface area (Å²) in [5.74, 6) is -0.416. The van der Waals surface area contributed by atoms with Crippen molar-refractivity contribution in [2.24, 2.45) is 0 Å². The maximum atomic E-state index is 12.5. The van der Waals surface area contributed by atoms with Gasteiger partial charge in [0, 0.05) is 0 Å². The molecule has 0 spiro atoms. The minimum atomic E-state index is -0.416. The zero-order valence-corrected chi connectivity index (χ0v) is 5.95. The quantitative estimate of drug-likeness (QED) is 0.585. The zero-order valence-electron chi connectivity index (χ0n) is 5.20. The number of benzene rings is 1. The van der Waals surface area contributed by atoms with Crippen LogP contribution in [0.15, 0.2) is 24.8 Å². The molecule has 0 atom stereocenters. The molecule has 0 N–H and O–H groups in total. The second kappa shape index (κ2) is 2.84. The first-order valence-corrected chi connectivity index (χ1v) is 3.10. The van der Waals surface area contributed by atoms with Crippen LogP contribution in [-0.2, 0) is 0 Å². The fourth-order valence-corrected chi connectivity index (χ4v) is 0.787. The molecule has 0 bridgehead atoms. The molecule has 1 aromatic carbocycles. The summed E-state index contributed by atoms with van der Waals surface area (Å²) in [5.41, 5.74) is 0.700. The highest BCUT2D eigenvalue weighted by molar-refractivity contribution is 6.30. The van der Waals surface area contributed by atoms with Crippen LogP contribution in [0, 0.1) is 11.9 Å². The van der Waals surface area contributed by atoms with E-state index < -0.39 is 5.82 Å². The van der Waals surface area contributed by atoms with Gasteiger partial charge in [-0.05, 0) is 23.8 Å². The number of hydrogen-bond acceptors (Lipinski definition) is 0. The molecule has 51 valence electrons. The Hall–Kier alpha value is -0.820. The standard InChI is InChI=1S/C8H5ClF/c1-2-6-3-4-8(10)7(9)5-6/h3-5H,1H2. The highest BCUT2D eigenvalue weighted by atomic mass is 35.5. The van der Waals surface area contributed by atoms with Gasteiger partial charge in [0.2, 0.25) is 0 Å². The summed E-state index contributed by atoms with van der Waals surface area (Å²) in [7, 11) is 0. The monoisotopic (exact) mass is 155 g/mol.